The van der Waals surface area contributed by atoms with Crippen molar-refractivity contribution >= 4 is 34.4 Å². The van der Waals surface area contributed by atoms with Gasteiger partial charge in [0.25, 0.3) is 5.91 Å². The van der Waals surface area contributed by atoms with E-state index in [0.29, 0.717) is 25.7 Å². The number of carboxylic acids is 1. The summed E-state index contributed by atoms with van der Waals surface area (Å²) in [5.41, 5.74) is 3.55. The number of hydrogen-bond donors (Lipinski definition) is 2. The van der Waals surface area contributed by atoms with Gasteiger partial charge in [0.1, 0.15) is 17.8 Å². The number of rotatable bonds is 5. The minimum absolute atomic E-state index is 0.0561. The Morgan fingerprint density at radius 1 is 1.06 bits per heavy atom. The molecule has 0 spiro atoms. The fourth-order valence-corrected chi connectivity index (χ4v) is 6.55. The Morgan fingerprint density at radius 2 is 1.69 bits per heavy atom. The van der Waals surface area contributed by atoms with Crippen molar-refractivity contribution < 1.29 is 24.2 Å². The second-order valence-corrected chi connectivity index (χ2v) is 10.1. The standard InChI is InChI=1S/C26H23N3O5S/c30-22(29-15-9-11-26(29,12-10-15)23(31)32)21-14-35-24(27-21)28-25(33)34-13-20-18-7-3-1-5-16(18)17-6-2-4-8-19(17)20/h1-8,14-15,20H,9-13H2,(H,31,32)(H,27,28,33). The SMILES string of the molecule is O=C(Nc1nc(C(=O)N2C3CCC2(C(=O)O)CC3)cs1)OCC1c2ccccc2-c2ccccc21. The third-order valence-electron chi connectivity index (χ3n) is 7.50. The van der Waals surface area contributed by atoms with Gasteiger partial charge in [-0.2, -0.15) is 0 Å². The molecule has 35 heavy (non-hydrogen) atoms. The Morgan fingerprint density at radius 3 is 2.31 bits per heavy atom. The average Bonchev–Trinajstić information content (AvgIpc) is 3.64. The second-order valence-electron chi connectivity index (χ2n) is 9.23. The van der Waals surface area contributed by atoms with Gasteiger partial charge >= 0.3 is 12.1 Å². The molecular formula is C26H23N3O5S. The Hall–Kier alpha value is -3.72. The van der Waals surface area contributed by atoms with Crippen LogP contribution < -0.4 is 5.32 Å². The molecule has 2 amide bonds. The number of nitrogens with one attached hydrogen (secondary N) is 1. The predicted molar refractivity (Wildman–Crippen MR) is 130 cm³/mol. The molecule has 1 aromatic heterocycles. The highest BCUT2D eigenvalue weighted by atomic mass is 32.1. The third-order valence-corrected chi connectivity index (χ3v) is 8.26. The molecule has 8 nitrogen and oxygen atoms in total. The van der Waals surface area contributed by atoms with Gasteiger partial charge < -0.3 is 14.7 Å². The summed E-state index contributed by atoms with van der Waals surface area (Å²) in [5, 5.41) is 14.2. The number of nitrogens with zero attached hydrogens (tertiary/aromatic N) is 2. The highest BCUT2D eigenvalue weighted by Gasteiger charge is 2.59. The van der Waals surface area contributed by atoms with Crippen LogP contribution in [0.5, 0.6) is 0 Å². The van der Waals surface area contributed by atoms with Gasteiger partial charge in [-0.05, 0) is 47.9 Å². The van der Waals surface area contributed by atoms with E-state index < -0.39 is 23.5 Å². The summed E-state index contributed by atoms with van der Waals surface area (Å²) < 4.78 is 5.55. The minimum atomic E-state index is -1.13. The van der Waals surface area contributed by atoms with E-state index in [1.807, 2.05) is 24.3 Å². The van der Waals surface area contributed by atoms with Crippen molar-refractivity contribution in [1.82, 2.24) is 9.88 Å². The monoisotopic (exact) mass is 489 g/mol. The molecule has 0 saturated carbocycles. The smallest absolute Gasteiger partial charge is 0.413 e. The maximum Gasteiger partial charge on any atom is 0.413 e. The van der Waals surface area contributed by atoms with Gasteiger partial charge in [0, 0.05) is 17.3 Å². The number of amides is 2. The zero-order valence-corrected chi connectivity index (χ0v) is 19.6. The van der Waals surface area contributed by atoms with E-state index in [0.717, 1.165) is 33.6 Å². The number of aliphatic carboxylic acids is 1. The first-order valence-electron chi connectivity index (χ1n) is 11.6. The number of benzene rings is 2. The molecule has 3 aromatic rings. The number of carboxylic acid groups (broad SMARTS) is 1. The number of aromatic nitrogens is 1. The van der Waals surface area contributed by atoms with Gasteiger partial charge in [-0.3, -0.25) is 10.1 Å². The zero-order chi connectivity index (χ0) is 24.2. The van der Waals surface area contributed by atoms with Crippen LogP contribution in [0.3, 0.4) is 0 Å². The van der Waals surface area contributed by atoms with E-state index in [1.54, 1.807) is 5.38 Å². The molecule has 0 unspecified atom stereocenters. The largest absolute Gasteiger partial charge is 0.479 e. The Balaban J connectivity index is 1.12. The van der Waals surface area contributed by atoms with Crippen LogP contribution in [0.4, 0.5) is 9.93 Å². The molecule has 2 aliphatic heterocycles. The van der Waals surface area contributed by atoms with Crippen LogP contribution in [0.2, 0.25) is 0 Å². The van der Waals surface area contributed by atoms with Gasteiger partial charge in [0.2, 0.25) is 0 Å². The first-order valence-corrected chi connectivity index (χ1v) is 12.5. The van der Waals surface area contributed by atoms with Crippen molar-refractivity contribution in [2.45, 2.75) is 43.2 Å². The summed E-state index contributed by atoms with van der Waals surface area (Å²) in [6.07, 6.45) is 1.66. The molecular weight excluding hydrogens is 466 g/mol. The van der Waals surface area contributed by atoms with Crippen LogP contribution in [0.15, 0.2) is 53.9 Å². The molecule has 1 aliphatic carbocycles. The summed E-state index contributed by atoms with van der Waals surface area (Å²) in [6, 6.07) is 16.1. The number of carbonyl (C=O) groups excluding carboxylic acids is 2. The van der Waals surface area contributed by atoms with Crippen LogP contribution in [-0.2, 0) is 9.53 Å². The quantitative estimate of drug-likeness (QED) is 0.537. The molecule has 2 N–H and O–H groups in total. The van der Waals surface area contributed by atoms with Crippen LogP contribution in [0.25, 0.3) is 11.1 Å². The molecule has 9 heteroatoms. The van der Waals surface area contributed by atoms with Crippen LogP contribution >= 0.6 is 11.3 Å². The minimum Gasteiger partial charge on any atom is -0.479 e. The van der Waals surface area contributed by atoms with Gasteiger partial charge in [0.05, 0.1) is 0 Å². The van der Waals surface area contributed by atoms with Crippen molar-refractivity contribution in [3.8, 4) is 11.1 Å². The normalized spacial score (nSPS) is 22.1. The molecule has 0 radical (unpaired) electrons. The Kier molecular flexibility index (Phi) is 5.10. The van der Waals surface area contributed by atoms with Crippen molar-refractivity contribution in [2.24, 2.45) is 0 Å². The van der Waals surface area contributed by atoms with E-state index in [1.165, 1.54) is 4.90 Å². The molecule has 3 heterocycles. The number of thiazole rings is 1. The molecule has 2 aromatic carbocycles. The second kappa shape index (κ2) is 8.20. The number of hydrogen-bond acceptors (Lipinski definition) is 6. The molecule has 3 aliphatic rings. The van der Waals surface area contributed by atoms with E-state index in [-0.39, 0.29) is 29.4 Å². The lowest BCUT2D eigenvalue weighted by atomic mass is 9.88. The van der Waals surface area contributed by atoms with Crippen molar-refractivity contribution in [2.75, 3.05) is 11.9 Å². The average molecular weight is 490 g/mol. The number of carbonyl (C=O) groups is 3. The Bertz CT molecular complexity index is 1300. The molecule has 6 rings (SSSR count). The topological polar surface area (TPSA) is 109 Å². The first kappa shape index (κ1) is 21.8. The number of ether oxygens (including phenoxy) is 1. The predicted octanol–water partition coefficient (Wildman–Crippen LogP) is 4.73. The van der Waals surface area contributed by atoms with Gasteiger partial charge in [-0.25, -0.2) is 14.6 Å². The lowest BCUT2D eigenvalue weighted by Crippen LogP contribution is -2.50. The molecule has 0 atom stereocenters. The van der Waals surface area contributed by atoms with E-state index in [4.69, 9.17) is 4.74 Å². The lowest BCUT2D eigenvalue weighted by molar-refractivity contribution is -0.147. The lowest BCUT2D eigenvalue weighted by Gasteiger charge is -2.30. The van der Waals surface area contributed by atoms with Crippen LogP contribution in [-0.4, -0.2) is 51.1 Å². The molecule has 2 saturated heterocycles. The Labute approximate surface area is 205 Å². The van der Waals surface area contributed by atoms with Gasteiger partial charge in [-0.1, -0.05) is 48.5 Å². The van der Waals surface area contributed by atoms with Crippen LogP contribution in [0.1, 0.15) is 53.2 Å². The summed E-state index contributed by atoms with van der Waals surface area (Å²) in [4.78, 5) is 43.3. The maximum absolute atomic E-state index is 13.1. The molecule has 178 valence electrons. The third kappa shape index (κ3) is 3.41. The highest BCUT2D eigenvalue weighted by molar-refractivity contribution is 7.14. The number of anilines is 1. The van der Waals surface area contributed by atoms with Crippen molar-refractivity contribution in [3.63, 3.8) is 0 Å². The number of fused-ring (bicyclic) bond motifs is 5. The molecule has 2 bridgehead atoms. The van der Waals surface area contributed by atoms with Crippen molar-refractivity contribution in [1.29, 1.82) is 0 Å². The summed E-state index contributed by atoms with van der Waals surface area (Å²) in [5.74, 6) is -1.42. The highest BCUT2D eigenvalue weighted by Crippen LogP contribution is 2.47. The molecule has 2 fully saturated rings. The summed E-state index contributed by atoms with van der Waals surface area (Å²) in [6.45, 7) is 0.174. The van der Waals surface area contributed by atoms with E-state index in [2.05, 4.69) is 34.6 Å². The summed E-state index contributed by atoms with van der Waals surface area (Å²) in [7, 11) is 0. The summed E-state index contributed by atoms with van der Waals surface area (Å²) >= 11 is 1.11. The fraction of sp³-hybridized carbons (Fsp3) is 0.308. The van der Waals surface area contributed by atoms with E-state index >= 15 is 0 Å². The van der Waals surface area contributed by atoms with E-state index in [9.17, 15) is 19.5 Å². The maximum atomic E-state index is 13.1. The fourth-order valence-electron chi connectivity index (χ4n) is 5.88. The first-order chi connectivity index (χ1) is 17.0. The van der Waals surface area contributed by atoms with Crippen molar-refractivity contribution in [3.05, 3.63) is 70.7 Å². The van der Waals surface area contributed by atoms with Gasteiger partial charge in [-0.15, -0.1) is 11.3 Å². The van der Waals surface area contributed by atoms with Crippen LogP contribution in [0, 0.1) is 0 Å². The zero-order valence-electron chi connectivity index (χ0n) is 18.8. The van der Waals surface area contributed by atoms with Gasteiger partial charge in [0.15, 0.2) is 5.13 Å².